The Morgan fingerprint density at radius 2 is 1.06 bits per heavy atom. The summed E-state index contributed by atoms with van der Waals surface area (Å²) < 4.78 is 33.5. The summed E-state index contributed by atoms with van der Waals surface area (Å²) >= 11 is 0. The minimum atomic E-state index is -0.371. The van der Waals surface area contributed by atoms with E-state index in [1.807, 2.05) is 13.8 Å². The fraction of sp³-hybridized carbons (Fsp3) is 0.810. The van der Waals surface area contributed by atoms with Crippen molar-refractivity contribution in [3.8, 4) is 0 Å². The Bertz CT molecular complexity index is 492. The van der Waals surface area contributed by atoms with Crippen LogP contribution in [-0.4, -0.2) is 89.4 Å². The van der Waals surface area contributed by atoms with Gasteiger partial charge in [-0.05, 0) is 20.8 Å². The lowest BCUT2D eigenvalue weighted by Crippen LogP contribution is -2.21. The molecule has 0 saturated heterocycles. The normalized spacial score (nSPS) is 12.4. The highest BCUT2D eigenvalue weighted by atomic mass is 16.6. The van der Waals surface area contributed by atoms with Gasteiger partial charge >= 0.3 is 23.9 Å². The first-order valence-electron chi connectivity index (χ1n) is 10.1. The monoisotopic (exact) mass is 468 g/mol. The highest BCUT2D eigenvalue weighted by Crippen LogP contribution is 1.95. The lowest BCUT2D eigenvalue weighted by molar-refractivity contribution is -0.155. The maximum atomic E-state index is 10.3. The zero-order valence-corrected chi connectivity index (χ0v) is 20.8. The SMILES string of the molecule is CC(=O)OCC(C)OC(C)=O.CC(=O)OCCOC(C)=O.COCC(C)OCC(C)OC. The third kappa shape index (κ3) is 35.2. The molecular weight excluding hydrogens is 428 g/mol. The smallest absolute Gasteiger partial charge is 0.303 e. The van der Waals surface area contributed by atoms with Gasteiger partial charge in [-0.15, -0.1) is 0 Å². The summed E-state index contributed by atoms with van der Waals surface area (Å²) in [6.07, 6.45) is -0.0525. The zero-order chi connectivity index (χ0) is 25.5. The molecule has 3 unspecified atom stereocenters. The molecule has 0 rings (SSSR count). The Morgan fingerprint density at radius 3 is 1.41 bits per heavy atom. The molecule has 11 nitrogen and oxygen atoms in total. The van der Waals surface area contributed by atoms with E-state index in [1.54, 1.807) is 21.1 Å². The summed E-state index contributed by atoms with van der Waals surface area (Å²) in [6, 6.07) is 0. The number of hydrogen-bond donors (Lipinski definition) is 0. The predicted molar refractivity (Wildman–Crippen MR) is 115 cm³/mol. The van der Waals surface area contributed by atoms with Crippen LogP contribution in [0.1, 0.15) is 48.5 Å². The van der Waals surface area contributed by atoms with Gasteiger partial charge < -0.3 is 33.2 Å². The Balaban J connectivity index is -0.000000395. The zero-order valence-electron chi connectivity index (χ0n) is 20.8. The molecule has 0 amide bonds. The molecule has 0 aromatic heterocycles. The minimum Gasteiger partial charge on any atom is -0.462 e. The van der Waals surface area contributed by atoms with Gasteiger partial charge in [-0.3, -0.25) is 19.2 Å². The van der Waals surface area contributed by atoms with Gasteiger partial charge in [0.2, 0.25) is 0 Å². The van der Waals surface area contributed by atoms with Crippen LogP contribution >= 0.6 is 0 Å². The molecular formula is C21H40O11. The van der Waals surface area contributed by atoms with Crippen molar-refractivity contribution in [2.45, 2.75) is 66.8 Å². The van der Waals surface area contributed by atoms with Gasteiger partial charge in [0.1, 0.15) is 25.9 Å². The summed E-state index contributed by atoms with van der Waals surface area (Å²) in [5, 5.41) is 0. The second-order valence-corrected chi connectivity index (χ2v) is 6.55. The van der Waals surface area contributed by atoms with Crippen LogP contribution < -0.4 is 0 Å². The number of rotatable bonds is 12. The number of methoxy groups -OCH3 is 2. The van der Waals surface area contributed by atoms with Gasteiger partial charge in [0.15, 0.2) is 0 Å². The largest absolute Gasteiger partial charge is 0.462 e. The van der Waals surface area contributed by atoms with Gasteiger partial charge in [-0.25, -0.2) is 0 Å². The van der Waals surface area contributed by atoms with Crippen molar-refractivity contribution >= 4 is 23.9 Å². The maximum absolute atomic E-state index is 10.3. The van der Waals surface area contributed by atoms with Gasteiger partial charge in [-0.1, -0.05) is 0 Å². The van der Waals surface area contributed by atoms with E-state index in [2.05, 4.69) is 18.9 Å². The van der Waals surface area contributed by atoms with Crippen molar-refractivity contribution in [1.82, 2.24) is 0 Å². The van der Waals surface area contributed by atoms with E-state index in [9.17, 15) is 19.2 Å². The highest BCUT2D eigenvalue weighted by Gasteiger charge is 2.06. The van der Waals surface area contributed by atoms with Crippen LogP contribution in [-0.2, 0) is 52.3 Å². The van der Waals surface area contributed by atoms with E-state index in [4.69, 9.17) is 14.2 Å². The van der Waals surface area contributed by atoms with Crippen molar-refractivity contribution in [1.29, 1.82) is 0 Å². The summed E-state index contributed by atoms with van der Waals surface area (Å²) in [6.45, 7) is 12.5. The molecule has 0 saturated carbocycles. The predicted octanol–water partition coefficient (Wildman–Crippen LogP) is 1.69. The van der Waals surface area contributed by atoms with Gasteiger partial charge in [-0.2, -0.15) is 0 Å². The Kier molecular flexibility index (Phi) is 25.2. The third-order valence-electron chi connectivity index (χ3n) is 3.00. The molecule has 0 aromatic carbocycles. The average Bonchev–Trinajstić information content (AvgIpc) is 2.68. The van der Waals surface area contributed by atoms with Crippen LogP contribution in [0.15, 0.2) is 0 Å². The first-order chi connectivity index (χ1) is 14.8. The van der Waals surface area contributed by atoms with Gasteiger partial charge in [0.25, 0.3) is 0 Å². The molecule has 0 aliphatic carbocycles. The molecule has 32 heavy (non-hydrogen) atoms. The molecule has 11 heteroatoms. The number of carbonyl (C=O) groups excluding carboxylic acids is 4. The van der Waals surface area contributed by atoms with Gasteiger partial charge in [0, 0.05) is 41.9 Å². The van der Waals surface area contributed by atoms with Crippen LogP contribution in [0.4, 0.5) is 0 Å². The van der Waals surface area contributed by atoms with Crippen molar-refractivity contribution in [3.63, 3.8) is 0 Å². The van der Waals surface area contributed by atoms with Crippen LogP contribution in [0.25, 0.3) is 0 Å². The van der Waals surface area contributed by atoms with Crippen LogP contribution in [0.2, 0.25) is 0 Å². The van der Waals surface area contributed by atoms with Crippen LogP contribution in [0, 0.1) is 0 Å². The molecule has 0 heterocycles. The molecule has 0 spiro atoms. The standard InChI is InChI=1S/C8H18O3.C7H12O4.C6H10O4/c1-7(10-4)6-11-8(2)5-9-3;1-5(11-7(3)9)4-10-6(2)8;1-5(7)9-3-4-10-6(2)8/h7-8H,5-6H2,1-4H3;5H,4H2,1-3H3;3-4H2,1-2H3. The quantitative estimate of drug-likeness (QED) is 0.235. The van der Waals surface area contributed by atoms with Crippen LogP contribution in [0.5, 0.6) is 0 Å². The van der Waals surface area contributed by atoms with Crippen LogP contribution in [0.3, 0.4) is 0 Å². The van der Waals surface area contributed by atoms with E-state index in [0.29, 0.717) is 13.2 Å². The van der Waals surface area contributed by atoms with Crippen molar-refractivity contribution in [2.75, 3.05) is 47.3 Å². The molecule has 0 aliphatic heterocycles. The Morgan fingerprint density at radius 1 is 0.594 bits per heavy atom. The summed E-state index contributed by atoms with van der Waals surface area (Å²) in [7, 11) is 3.34. The molecule has 0 N–H and O–H groups in total. The molecule has 0 radical (unpaired) electrons. The molecule has 0 fully saturated rings. The molecule has 190 valence electrons. The highest BCUT2D eigenvalue weighted by molar-refractivity contribution is 5.67. The molecule has 0 bridgehead atoms. The van der Waals surface area contributed by atoms with E-state index < -0.39 is 0 Å². The summed E-state index contributed by atoms with van der Waals surface area (Å²) in [4.78, 5) is 40.9. The van der Waals surface area contributed by atoms with E-state index in [1.165, 1.54) is 27.7 Å². The number of hydrogen-bond acceptors (Lipinski definition) is 11. The summed E-state index contributed by atoms with van der Waals surface area (Å²) in [5.74, 6) is -1.48. The molecule has 0 aromatic rings. The Labute approximate surface area is 190 Å². The fourth-order valence-electron chi connectivity index (χ4n) is 1.57. The maximum Gasteiger partial charge on any atom is 0.303 e. The lowest BCUT2D eigenvalue weighted by atomic mass is 10.4. The van der Waals surface area contributed by atoms with Crippen molar-refractivity contribution in [3.05, 3.63) is 0 Å². The first-order valence-corrected chi connectivity index (χ1v) is 10.1. The lowest BCUT2D eigenvalue weighted by Gasteiger charge is -2.14. The van der Waals surface area contributed by atoms with Crippen molar-refractivity contribution in [2.24, 2.45) is 0 Å². The number of esters is 4. The summed E-state index contributed by atoms with van der Waals surface area (Å²) in [5.41, 5.74) is 0. The topological polar surface area (TPSA) is 133 Å². The number of carbonyl (C=O) groups is 4. The fourth-order valence-corrected chi connectivity index (χ4v) is 1.57. The van der Waals surface area contributed by atoms with E-state index >= 15 is 0 Å². The van der Waals surface area contributed by atoms with E-state index in [-0.39, 0.29) is 62.0 Å². The van der Waals surface area contributed by atoms with E-state index in [0.717, 1.165) is 0 Å². The molecule has 3 atom stereocenters. The Hall–Kier alpha value is -2.24. The second kappa shape index (κ2) is 23.4. The number of ether oxygens (including phenoxy) is 7. The van der Waals surface area contributed by atoms with Crippen molar-refractivity contribution < 1.29 is 52.3 Å². The minimum absolute atomic E-state index is 0.120. The first kappa shape index (κ1) is 34.4. The second-order valence-electron chi connectivity index (χ2n) is 6.55. The molecule has 0 aliphatic rings. The average molecular weight is 469 g/mol. The third-order valence-corrected chi connectivity index (χ3v) is 3.00. The van der Waals surface area contributed by atoms with Gasteiger partial charge in [0.05, 0.1) is 25.4 Å².